The topological polar surface area (TPSA) is 69.3 Å². The van der Waals surface area contributed by atoms with Crippen molar-refractivity contribution in [3.8, 4) is 5.75 Å². The second-order valence-corrected chi connectivity index (χ2v) is 5.11. The smallest absolute Gasteiger partial charge is 0.260 e. The number of hydrogen-bond acceptors (Lipinski definition) is 4. The van der Waals surface area contributed by atoms with Gasteiger partial charge >= 0.3 is 0 Å². The summed E-state index contributed by atoms with van der Waals surface area (Å²) in [5.74, 6) is 2.17. The Morgan fingerprint density at radius 3 is 2.77 bits per heavy atom. The molecule has 0 saturated heterocycles. The molecular weight excluding hydrogens is 282 g/mol. The van der Waals surface area contributed by atoms with Crippen LogP contribution in [0.5, 0.6) is 5.75 Å². The molecule has 6 nitrogen and oxygen atoms in total. The van der Waals surface area contributed by atoms with Crippen LogP contribution in [0, 0.1) is 13.8 Å². The van der Waals surface area contributed by atoms with Gasteiger partial charge in [-0.2, -0.15) is 5.10 Å². The molecule has 3 rings (SSSR count). The third-order valence-electron chi connectivity index (χ3n) is 3.58. The zero-order chi connectivity index (χ0) is 15.9. The Hall–Kier alpha value is -2.76. The van der Waals surface area contributed by atoms with Gasteiger partial charge in [-0.15, -0.1) is 0 Å². The highest BCUT2D eigenvalue weighted by molar-refractivity contribution is 6.09. The summed E-state index contributed by atoms with van der Waals surface area (Å²) in [4.78, 5) is 12.4. The van der Waals surface area contributed by atoms with Crippen molar-refractivity contribution in [2.75, 3.05) is 12.4 Å². The van der Waals surface area contributed by atoms with Crippen LogP contribution in [0.15, 0.2) is 28.7 Å². The molecule has 1 amide bonds. The second kappa shape index (κ2) is 5.22. The predicted octanol–water partition coefficient (Wildman–Crippen LogP) is 3.04. The van der Waals surface area contributed by atoms with E-state index in [1.54, 1.807) is 24.8 Å². The fourth-order valence-corrected chi connectivity index (χ4v) is 2.57. The van der Waals surface area contributed by atoms with Crippen LogP contribution in [0.3, 0.4) is 0 Å². The van der Waals surface area contributed by atoms with E-state index in [0.29, 0.717) is 28.7 Å². The summed E-state index contributed by atoms with van der Waals surface area (Å²) in [5.41, 5.74) is 1.39. The van der Waals surface area contributed by atoms with Crippen molar-refractivity contribution in [2.24, 2.45) is 7.05 Å². The largest absolute Gasteiger partial charge is 0.496 e. The average molecular weight is 299 g/mol. The molecule has 0 aliphatic heterocycles. The number of carbonyl (C=O) groups excluding carboxylic acids is 1. The van der Waals surface area contributed by atoms with E-state index in [4.69, 9.17) is 9.15 Å². The Labute approximate surface area is 127 Å². The van der Waals surface area contributed by atoms with Crippen LogP contribution in [-0.2, 0) is 7.05 Å². The van der Waals surface area contributed by atoms with E-state index in [1.165, 1.54) is 0 Å². The van der Waals surface area contributed by atoms with E-state index in [9.17, 15) is 4.79 Å². The molecule has 0 unspecified atom stereocenters. The van der Waals surface area contributed by atoms with Gasteiger partial charge in [-0.3, -0.25) is 9.48 Å². The minimum absolute atomic E-state index is 0.250. The number of nitrogens with one attached hydrogen (secondary N) is 1. The summed E-state index contributed by atoms with van der Waals surface area (Å²) >= 11 is 0. The number of methoxy groups -OCH3 is 1. The maximum atomic E-state index is 12.4. The number of aromatic nitrogens is 2. The number of rotatable bonds is 3. The molecule has 0 aliphatic rings. The van der Waals surface area contributed by atoms with Crippen molar-refractivity contribution in [3.63, 3.8) is 0 Å². The number of nitrogens with zero attached hydrogens (tertiary/aromatic N) is 2. The first-order valence-electron chi connectivity index (χ1n) is 6.89. The predicted molar refractivity (Wildman–Crippen MR) is 83.4 cm³/mol. The normalized spacial score (nSPS) is 10.9. The fraction of sp³-hybridized carbons (Fsp3) is 0.250. The monoisotopic (exact) mass is 299 g/mol. The molecule has 22 heavy (non-hydrogen) atoms. The number of aryl methyl sites for hydroxylation is 3. The first-order chi connectivity index (χ1) is 10.5. The van der Waals surface area contributed by atoms with Gasteiger partial charge in [0, 0.05) is 7.05 Å². The second-order valence-electron chi connectivity index (χ2n) is 5.11. The molecular formula is C16H17N3O3. The SMILES string of the molecule is COc1cccc2c1c(NC(=O)c1cc(C)oc1C)nn2C. The highest BCUT2D eigenvalue weighted by atomic mass is 16.5. The van der Waals surface area contributed by atoms with E-state index >= 15 is 0 Å². The summed E-state index contributed by atoms with van der Waals surface area (Å²) < 4.78 is 12.5. The highest BCUT2D eigenvalue weighted by Crippen LogP contribution is 2.32. The zero-order valence-corrected chi connectivity index (χ0v) is 12.9. The Morgan fingerprint density at radius 1 is 1.36 bits per heavy atom. The minimum atomic E-state index is -0.250. The lowest BCUT2D eigenvalue weighted by molar-refractivity contribution is 0.102. The zero-order valence-electron chi connectivity index (χ0n) is 12.9. The van der Waals surface area contributed by atoms with Crippen molar-refractivity contribution in [3.05, 3.63) is 41.3 Å². The van der Waals surface area contributed by atoms with E-state index in [2.05, 4.69) is 10.4 Å². The Kier molecular flexibility index (Phi) is 3.36. The lowest BCUT2D eigenvalue weighted by Gasteiger charge is -2.04. The maximum absolute atomic E-state index is 12.4. The summed E-state index contributed by atoms with van der Waals surface area (Å²) in [5, 5.41) is 7.99. The number of hydrogen-bond donors (Lipinski definition) is 1. The first-order valence-corrected chi connectivity index (χ1v) is 6.89. The molecule has 0 atom stereocenters. The molecule has 1 aromatic carbocycles. The lowest BCUT2D eigenvalue weighted by Crippen LogP contribution is -2.13. The van der Waals surface area contributed by atoms with Crippen molar-refractivity contribution >= 4 is 22.6 Å². The lowest BCUT2D eigenvalue weighted by atomic mass is 10.2. The number of carbonyl (C=O) groups is 1. The van der Waals surface area contributed by atoms with E-state index in [-0.39, 0.29) is 5.91 Å². The van der Waals surface area contributed by atoms with Crippen LogP contribution in [0.4, 0.5) is 5.82 Å². The van der Waals surface area contributed by atoms with Gasteiger partial charge in [0.1, 0.15) is 17.3 Å². The average Bonchev–Trinajstić information content (AvgIpc) is 2.99. The van der Waals surface area contributed by atoms with Gasteiger partial charge in [0.15, 0.2) is 5.82 Å². The van der Waals surface area contributed by atoms with Gasteiger partial charge < -0.3 is 14.5 Å². The van der Waals surface area contributed by atoms with Gasteiger partial charge in [0.25, 0.3) is 5.91 Å². The van der Waals surface area contributed by atoms with Crippen LogP contribution in [0.2, 0.25) is 0 Å². The van der Waals surface area contributed by atoms with E-state index < -0.39 is 0 Å². The summed E-state index contributed by atoms with van der Waals surface area (Å²) in [7, 11) is 3.42. The number of anilines is 1. The first kappa shape index (κ1) is 14.2. The molecule has 0 aliphatic carbocycles. The molecule has 114 valence electrons. The minimum Gasteiger partial charge on any atom is -0.496 e. The van der Waals surface area contributed by atoms with E-state index in [0.717, 1.165) is 10.9 Å². The third-order valence-corrected chi connectivity index (χ3v) is 3.58. The van der Waals surface area contributed by atoms with Gasteiger partial charge in [-0.25, -0.2) is 0 Å². The quantitative estimate of drug-likeness (QED) is 0.807. The van der Waals surface area contributed by atoms with E-state index in [1.807, 2.05) is 32.2 Å². The standard InChI is InChI=1S/C16H17N3O3/c1-9-8-11(10(2)22-9)16(20)17-15-14-12(19(3)18-15)6-5-7-13(14)21-4/h5-8H,1-4H3,(H,17,18,20). The van der Waals surface area contributed by atoms with Gasteiger partial charge in [-0.1, -0.05) is 6.07 Å². The van der Waals surface area contributed by atoms with Crippen molar-refractivity contribution in [1.29, 1.82) is 0 Å². The van der Waals surface area contributed by atoms with Crippen molar-refractivity contribution < 1.29 is 13.9 Å². The maximum Gasteiger partial charge on any atom is 0.260 e. The van der Waals surface area contributed by atoms with Gasteiger partial charge in [0.05, 0.1) is 23.6 Å². The Bertz CT molecular complexity index is 861. The number of ether oxygens (including phenoxy) is 1. The number of amides is 1. The summed E-state index contributed by atoms with van der Waals surface area (Å²) in [6, 6.07) is 7.37. The van der Waals surface area contributed by atoms with Crippen LogP contribution < -0.4 is 10.1 Å². The van der Waals surface area contributed by atoms with Gasteiger partial charge in [-0.05, 0) is 32.0 Å². The van der Waals surface area contributed by atoms with Crippen LogP contribution in [0.1, 0.15) is 21.9 Å². The Balaban J connectivity index is 2.04. The van der Waals surface area contributed by atoms with Crippen LogP contribution in [0.25, 0.3) is 10.9 Å². The van der Waals surface area contributed by atoms with Crippen molar-refractivity contribution in [1.82, 2.24) is 9.78 Å². The molecule has 0 bridgehead atoms. The molecule has 2 heterocycles. The molecule has 1 N–H and O–H groups in total. The summed E-state index contributed by atoms with van der Waals surface area (Å²) in [6.45, 7) is 3.57. The third kappa shape index (κ3) is 2.22. The molecule has 0 radical (unpaired) electrons. The number of furan rings is 1. The molecule has 0 fully saturated rings. The van der Waals surface area contributed by atoms with Crippen LogP contribution >= 0.6 is 0 Å². The van der Waals surface area contributed by atoms with Crippen LogP contribution in [-0.4, -0.2) is 22.8 Å². The molecule has 3 aromatic rings. The number of fused-ring (bicyclic) bond motifs is 1. The highest BCUT2D eigenvalue weighted by Gasteiger charge is 2.19. The Morgan fingerprint density at radius 2 is 2.14 bits per heavy atom. The fourth-order valence-electron chi connectivity index (χ4n) is 2.57. The number of benzene rings is 1. The molecule has 6 heteroatoms. The molecule has 2 aromatic heterocycles. The van der Waals surface area contributed by atoms with Gasteiger partial charge in [0.2, 0.25) is 0 Å². The van der Waals surface area contributed by atoms with Crippen molar-refractivity contribution in [2.45, 2.75) is 13.8 Å². The molecule has 0 spiro atoms. The summed E-state index contributed by atoms with van der Waals surface area (Å²) in [6.07, 6.45) is 0. The molecule has 0 saturated carbocycles.